The first-order chi connectivity index (χ1) is 53.1. The zero-order valence-electron chi connectivity index (χ0n) is 61.3. The number of thiophene rings is 4. The normalized spacial score (nSPS) is 11.2. The van der Waals surface area contributed by atoms with Crippen molar-refractivity contribution in [2.24, 2.45) is 5.73 Å². The number of alkyl halides is 6. The molecule has 0 radical (unpaired) electrons. The van der Waals surface area contributed by atoms with E-state index in [9.17, 15) is 50.6 Å². The fourth-order valence-corrected chi connectivity index (χ4v) is 13.3. The molecule has 9 heterocycles. The second kappa shape index (κ2) is 42.5. The maximum atomic E-state index is 13.0. The number of pyridine rings is 4. The number of methoxy groups -OCH3 is 5. The number of nitrogens with one attached hydrogen (secondary N) is 1. The summed E-state index contributed by atoms with van der Waals surface area (Å²) in [5, 5.41) is 38.0. The number of aromatic carboxylic acids is 1. The summed E-state index contributed by atoms with van der Waals surface area (Å²) in [4.78, 5) is 66.0. The van der Waals surface area contributed by atoms with Crippen LogP contribution in [0.5, 0.6) is 23.0 Å². The molecule has 576 valence electrons. The SMILES string of the molecule is C1CCOC1.CO.COC(=O)c1cc2ccc(OC)cc2nc1-c1ccsc1.COc1ccc2cc(C(=O)NCc3ccc(C(F)(F)F)cc3)c(-c3ccsc3)nc2c1.COc1ccc2cc(C(=O)O)c(-c3ccsc3)nc2c1.COc1ccc2cc(C=O)c(-c3ccsc3)nc2c1.NCc1ccc(C(F)(F)F)cc1.[Li+].[OH-]. The molecule has 1 aliphatic rings. The molecule has 0 bridgehead atoms. The summed E-state index contributed by atoms with van der Waals surface area (Å²) in [6.45, 7) is 2.36. The number of aromatic nitrogens is 4. The predicted octanol–water partition coefficient (Wildman–Crippen LogP) is 16.5. The Morgan fingerprint density at radius 3 is 1.14 bits per heavy atom. The Morgan fingerprint density at radius 2 is 0.821 bits per heavy atom. The van der Waals surface area contributed by atoms with Crippen LogP contribution in [0, 0.1) is 0 Å². The number of aliphatic hydroxyl groups excluding tert-OH is 1. The second-order valence-corrected chi connectivity index (χ2v) is 26.5. The Bertz CT molecular complexity index is 5370. The summed E-state index contributed by atoms with van der Waals surface area (Å²) in [6, 6.07) is 46.3. The van der Waals surface area contributed by atoms with Crippen LogP contribution in [-0.2, 0) is 34.9 Å². The van der Waals surface area contributed by atoms with Crippen LogP contribution in [0.4, 0.5) is 26.3 Å². The number of carbonyl (C=O) groups excluding carboxylic acids is 3. The maximum absolute atomic E-state index is 13.0. The van der Waals surface area contributed by atoms with E-state index in [1.54, 1.807) is 93.6 Å². The number of amides is 1. The number of fused-ring (bicyclic) bond motifs is 4. The van der Waals surface area contributed by atoms with E-state index < -0.39 is 29.4 Å². The number of benzene rings is 6. The largest absolute Gasteiger partial charge is 1.00 e. The number of ether oxygens (including phenoxy) is 6. The molecule has 1 aliphatic heterocycles. The molecule has 8 aromatic heterocycles. The molecule has 6 N–H and O–H groups in total. The molecule has 0 unspecified atom stereocenters. The number of esters is 1. The number of carbonyl (C=O) groups is 4. The van der Waals surface area contributed by atoms with E-state index in [-0.39, 0.29) is 54.9 Å². The number of hydrogen-bond donors (Lipinski definition) is 4. The monoisotopic (exact) mass is 1600 g/mol. The Morgan fingerprint density at radius 1 is 0.482 bits per heavy atom. The van der Waals surface area contributed by atoms with Gasteiger partial charge in [0.25, 0.3) is 5.91 Å². The van der Waals surface area contributed by atoms with Crippen molar-refractivity contribution < 1.29 is 108 Å². The molecule has 1 saturated heterocycles. The molecule has 0 spiro atoms. The molecule has 0 aliphatic carbocycles. The van der Waals surface area contributed by atoms with Gasteiger partial charge >= 0.3 is 43.2 Å². The fourth-order valence-electron chi connectivity index (χ4n) is 10.7. The summed E-state index contributed by atoms with van der Waals surface area (Å²) < 4.78 is 105. The number of nitrogens with two attached hydrogens (primary N) is 1. The molecule has 30 heteroatoms. The molecule has 112 heavy (non-hydrogen) atoms. The molecule has 0 saturated carbocycles. The van der Waals surface area contributed by atoms with Gasteiger partial charge in [-0.15, -0.1) is 0 Å². The van der Waals surface area contributed by atoms with E-state index in [2.05, 4.69) is 25.3 Å². The van der Waals surface area contributed by atoms with Crippen molar-refractivity contribution in [2.75, 3.05) is 55.9 Å². The number of aldehydes is 1. The van der Waals surface area contributed by atoms with Crippen molar-refractivity contribution >= 4 is 113 Å². The minimum atomic E-state index is -4.39. The van der Waals surface area contributed by atoms with Crippen molar-refractivity contribution in [2.45, 2.75) is 38.3 Å². The van der Waals surface area contributed by atoms with Crippen LogP contribution in [0.1, 0.15) is 76.5 Å². The zero-order valence-corrected chi connectivity index (χ0v) is 64.6. The molecule has 14 aromatic rings. The first kappa shape index (κ1) is 88.3. The van der Waals surface area contributed by atoms with E-state index in [0.717, 1.165) is 128 Å². The van der Waals surface area contributed by atoms with E-state index in [4.69, 9.17) is 39.3 Å². The topological polar surface area (TPSA) is 284 Å². The molecular weight excluding hydrogens is 1530 g/mol. The van der Waals surface area contributed by atoms with Crippen molar-refractivity contribution in [3.63, 3.8) is 0 Å². The van der Waals surface area contributed by atoms with Crippen molar-refractivity contribution in [1.29, 1.82) is 0 Å². The third-order valence-corrected chi connectivity index (χ3v) is 19.1. The third-order valence-electron chi connectivity index (χ3n) is 16.4. The summed E-state index contributed by atoms with van der Waals surface area (Å²) in [6.07, 6.45) is -5.24. The zero-order chi connectivity index (χ0) is 78.9. The Labute approximate surface area is 667 Å². The standard InChI is InChI=1S/C23H17F3N2O2S.C16H13NO3S.C15H11NO3S.C15H11NO2S.C8H8F3N.C4H8O.CH4O.Li.H2O/c1-30-18-7-4-15-10-19(21(28-20(15)11-18)16-8-9-31-13-16)22(29)27-12-14-2-5-17(6-3-14)23(24,25)26;1-19-12-4-3-10-7-13(16(18)20-2)15(17-14(10)8-12)11-5-6-21-9-11;1-19-11-3-2-9-6-12(15(17)18)14(16-13(9)7-11)10-4-5-20-8-10;1-18-13-3-2-10-6-12(8-17)15(16-14(10)7-13)11-4-5-19-9-11;9-8(10,11)7-3-1-6(5-12)2-4-7;1-2-4-5-3-1;1-2;;/h2-11,13H,12H2,1H3,(H,27,29);3-9H,1-2H3;2-8H,1H3,(H,17,18);2-9H,1H3;1-4H,5,12H2;1-4H2;2H,1H3;;1H2/q;;;;;;;+1;/p-1. The van der Waals surface area contributed by atoms with Crippen LogP contribution in [0.3, 0.4) is 0 Å². The number of nitrogens with zero attached hydrogens (tertiary/aromatic N) is 4. The van der Waals surface area contributed by atoms with Gasteiger partial charge in [-0.25, -0.2) is 29.5 Å². The average molecular weight is 1600 g/mol. The number of hydrogen-bond acceptors (Lipinski definition) is 21. The summed E-state index contributed by atoms with van der Waals surface area (Å²) >= 11 is 6.15. The van der Waals surface area contributed by atoms with Crippen LogP contribution in [0.15, 0.2) is 213 Å². The number of carboxylic acids is 1. The Balaban J connectivity index is 0.000000194. The van der Waals surface area contributed by atoms with E-state index in [1.165, 1.54) is 66.9 Å². The molecule has 1 fully saturated rings. The van der Waals surface area contributed by atoms with Gasteiger partial charge in [0.1, 0.15) is 23.0 Å². The van der Waals surface area contributed by atoms with E-state index >= 15 is 0 Å². The van der Waals surface area contributed by atoms with Gasteiger partial charge < -0.3 is 55.2 Å². The van der Waals surface area contributed by atoms with Gasteiger partial charge in [0.2, 0.25) is 0 Å². The third kappa shape index (κ3) is 23.6. The van der Waals surface area contributed by atoms with Crippen LogP contribution in [-0.4, -0.2) is 116 Å². The van der Waals surface area contributed by atoms with Gasteiger partial charge in [0, 0.05) is 129 Å². The van der Waals surface area contributed by atoms with Gasteiger partial charge in [-0.2, -0.15) is 71.7 Å². The van der Waals surface area contributed by atoms with Crippen LogP contribution >= 0.6 is 45.3 Å². The first-order valence-corrected chi connectivity index (χ1v) is 37.0. The van der Waals surface area contributed by atoms with Gasteiger partial charge in [-0.1, -0.05) is 24.3 Å². The predicted molar refractivity (Wildman–Crippen MR) is 422 cm³/mol. The Kier molecular flexibility index (Phi) is 33.5. The molecule has 15 rings (SSSR count). The van der Waals surface area contributed by atoms with Gasteiger partial charge in [-0.05, 0) is 167 Å². The average Bonchev–Trinajstić information content (AvgIpc) is 1.27. The number of aliphatic hydroxyl groups is 1. The molecule has 19 nitrogen and oxygen atoms in total. The van der Waals surface area contributed by atoms with Crippen molar-refractivity contribution in [1.82, 2.24) is 25.3 Å². The van der Waals surface area contributed by atoms with Crippen LogP contribution in [0.25, 0.3) is 88.6 Å². The number of carboxylic acid groups (broad SMARTS) is 1. The van der Waals surface area contributed by atoms with Crippen LogP contribution in [0.2, 0.25) is 0 Å². The van der Waals surface area contributed by atoms with Crippen molar-refractivity contribution in [3.8, 4) is 68.0 Å². The van der Waals surface area contributed by atoms with Crippen LogP contribution < -0.4 is 48.9 Å². The minimum Gasteiger partial charge on any atom is -0.870 e. The number of rotatable bonds is 15. The van der Waals surface area contributed by atoms with Gasteiger partial charge in [0.15, 0.2) is 6.29 Å². The first-order valence-electron chi connectivity index (χ1n) is 33.3. The van der Waals surface area contributed by atoms with Crippen molar-refractivity contribution in [3.05, 3.63) is 257 Å². The van der Waals surface area contributed by atoms with Gasteiger partial charge in [0.05, 0.1) is 108 Å². The Hall–Kier alpha value is -10.9. The fraction of sp³-hybridized carbons (Fsp3) is 0.171. The van der Waals surface area contributed by atoms with E-state index in [0.29, 0.717) is 61.9 Å². The quantitative estimate of drug-likeness (QED) is 0.0321. The molecule has 6 aromatic carbocycles. The molecule has 0 atom stereocenters. The summed E-state index contributed by atoms with van der Waals surface area (Å²) in [5.74, 6) is 1.14. The van der Waals surface area contributed by atoms with Gasteiger partial charge in [-0.3, -0.25) is 9.59 Å². The maximum Gasteiger partial charge on any atom is 1.00 e. The smallest absolute Gasteiger partial charge is 0.870 e. The number of halogens is 6. The molecule has 1 amide bonds. The summed E-state index contributed by atoms with van der Waals surface area (Å²) in [7, 11) is 8.78. The molecular formula is C82H73F6LiN6O13S4. The summed E-state index contributed by atoms with van der Waals surface area (Å²) in [5.41, 5.74) is 15.7. The minimum absolute atomic E-state index is 0. The van der Waals surface area contributed by atoms with E-state index in [1.807, 2.05) is 122 Å². The second-order valence-electron chi connectivity index (χ2n) is 23.4.